The fourth-order valence-electron chi connectivity index (χ4n) is 2.42. The summed E-state index contributed by atoms with van der Waals surface area (Å²) >= 11 is 0. The molecule has 4 nitrogen and oxygen atoms in total. The molecule has 1 aromatic carbocycles. The van der Waals surface area contributed by atoms with Gasteiger partial charge in [0, 0.05) is 38.7 Å². The van der Waals surface area contributed by atoms with Gasteiger partial charge in [0.25, 0.3) is 0 Å². The maximum absolute atomic E-state index is 12.1. The van der Waals surface area contributed by atoms with E-state index in [0.717, 1.165) is 11.8 Å². The molecule has 1 aliphatic rings. The number of ketones is 2. The van der Waals surface area contributed by atoms with Crippen LogP contribution in [0, 0.1) is 0 Å². The Hall–Kier alpha value is -2.23. The molecule has 20 heavy (non-hydrogen) atoms. The molecule has 0 spiro atoms. The van der Waals surface area contributed by atoms with E-state index < -0.39 is 0 Å². The van der Waals surface area contributed by atoms with Gasteiger partial charge in [0.2, 0.25) is 0 Å². The molecule has 1 aromatic rings. The molecule has 2 rings (SSSR count). The van der Waals surface area contributed by atoms with E-state index in [1.807, 2.05) is 6.07 Å². The highest BCUT2D eigenvalue weighted by Crippen LogP contribution is 2.31. The minimum atomic E-state index is -0.130. The zero-order valence-corrected chi connectivity index (χ0v) is 11.6. The Bertz CT molecular complexity index is 567. The topological polar surface area (TPSA) is 54.5 Å². The Balaban J connectivity index is 2.24. The number of hydrogen-bond donors (Lipinski definition) is 0. The van der Waals surface area contributed by atoms with E-state index >= 15 is 0 Å². The molecular formula is C16H17NO3. The fourth-order valence-corrected chi connectivity index (χ4v) is 2.42. The standard InChI is InChI=1S/C16H17NO3/c1-17(2)9-14-15(19)7-13(8-16(14)20)12-5-3-4-11(6-12)10-18/h3-6,9-10,13H,7-8H2,1-2H3. The largest absolute Gasteiger partial charge is 0.383 e. The van der Waals surface area contributed by atoms with Crippen LogP contribution >= 0.6 is 0 Å². The summed E-state index contributed by atoms with van der Waals surface area (Å²) in [6, 6.07) is 7.09. The molecule has 104 valence electrons. The van der Waals surface area contributed by atoms with Gasteiger partial charge in [0.15, 0.2) is 11.6 Å². The summed E-state index contributed by atoms with van der Waals surface area (Å²) in [6.07, 6.45) is 2.98. The van der Waals surface area contributed by atoms with Crippen molar-refractivity contribution in [3.8, 4) is 0 Å². The summed E-state index contributed by atoms with van der Waals surface area (Å²) in [5.74, 6) is -0.387. The Kier molecular flexibility index (Phi) is 4.13. The molecule has 0 atom stereocenters. The van der Waals surface area contributed by atoms with Crippen molar-refractivity contribution in [1.29, 1.82) is 0 Å². The molecule has 0 heterocycles. The predicted octanol–water partition coefficient (Wildman–Crippen LogP) is 1.96. The number of aldehydes is 1. The van der Waals surface area contributed by atoms with Crippen LogP contribution in [0.4, 0.5) is 0 Å². The summed E-state index contributed by atoms with van der Waals surface area (Å²) in [7, 11) is 3.57. The van der Waals surface area contributed by atoms with Crippen LogP contribution in [-0.2, 0) is 9.59 Å². The minimum Gasteiger partial charge on any atom is -0.383 e. The van der Waals surface area contributed by atoms with Crippen LogP contribution in [-0.4, -0.2) is 36.8 Å². The molecule has 1 fully saturated rings. The molecule has 0 saturated heterocycles. The first-order valence-corrected chi connectivity index (χ1v) is 6.51. The molecule has 1 aliphatic carbocycles. The normalized spacial score (nSPS) is 18.9. The van der Waals surface area contributed by atoms with Gasteiger partial charge in [-0.05, 0) is 17.5 Å². The maximum Gasteiger partial charge on any atom is 0.168 e. The van der Waals surface area contributed by atoms with Crippen molar-refractivity contribution in [3.63, 3.8) is 0 Å². The van der Waals surface area contributed by atoms with Gasteiger partial charge < -0.3 is 4.90 Å². The second-order valence-corrected chi connectivity index (χ2v) is 5.25. The number of hydrogen-bond acceptors (Lipinski definition) is 4. The Labute approximate surface area is 118 Å². The van der Waals surface area contributed by atoms with Gasteiger partial charge in [0.05, 0.1) is 5.57 Å². The summed E-state index contributed by atoms with van der Waals surface area (Å²) in [6.45, 7) is 0. The van der Waals surface area contributed by atoms with Gasteiger partial charge in [-0.3, -0.25) is 14.4 Å². The lowest BCUT2D eigenvalue weighted by Gasteiger charge is -2.23. The van der Waals surface area contributed by atoms with Crippen LogP contribution in [0.1, 0.15) is 34.7 Å². The molecule has 0 bridgehead atoms. The summed E-state index contributed by atoms with van der Waals surface area (Å²) in [5, 5.41) is 0. The van der Waals surface area contributed by atoms with E-state index in [2.05, 4.69) is 0 Å². The fraction of sp³-hybridized carbons (Fsp3) is 0.312. The summed E-state index contributed by atoms with van der Waals surface area (Å²) in [4.78, 5) is 36.7. The van der Waals surface area contributed by atoms with Crippen molar-refractivity contribution in [3.05, 3.63) is 47.2 Å². The van der Waals surface area contributed by atoms with Crippen molar-refractivity contribution in [2.75, 3.05) is 14.1 Å². The van der Waals surface area contributed by atoms with E-state index in [1.54, 1.807) is 43.4 Å². The van der Waals surface area contributed by atoms with Gasteiger partial charge in [-0.25, -0.2) is 0 Å². The zero-order chi connectivity index (χ0) is 14.7. The third-order valence-electron chi connectivity index (χ3n) is 3.37. The molecule has 0 N–H and O–H groups in total. The van der Waals surface area contributed by atoms with Crippen LogP contribution in [0.2, 0.25) is 0 Å². The van der Waals surface area contributed by atoms with E-state index in [-0.39, 0.29) is 23.1 Å². The van der Waals surface area contributed by atoms with E-state index in [9.17, 15) is 14.4 Å². The van der Waals surface area contributed by atoms with Crippen molar-refractivity contribution in [2.24, 2.45) is 0 Å². The number of rotatable bonds is 3. The maximum atomic E-state index is 12.1. The van der Waals surface area contributed by atoms with Crippen LogP contribution in [0.3, 0.4) is 0 Å². The number of allylic oxidation sites excluding steroid dienone is 1. The second kappa shape index (κ2) is 5.82. The monoisotopic (exact) mass is 271 g/mol. The van der Waals surface area contributed by atoms with Gasteiger partial charge >= 0.3 is 0 Å². The minimum absolute atomic E-state index is 0.128. The second-order valence-electron chi connectivity index (χ2n) is 5.25. The first-order chi connectivity index (χ1) is 9.51. The lowest BCUT2D eigenvalue weighted by Crippen LogP contribution is -2.26. The number of carbonyl (C=O) groups excluding carboxylic acids is 3. The molecule has 0 amide bonds. The number of benzene rings is 1. The average molecular weight is 271 g/mol. The Morgan fingerprint density at radius 3 is 2.35 bits per heavy atom. The summed E-state index contributed by atoms with van der Waals surface area (Å²) < 4.78 is 0. The lowest BCUT2D eigenvalue weighted by molar-refractivity contribution is -0.124. The lowest BCUT2D eigenvalue weighted by atomic mass is 9.80. The molecule has 1 saturated carbocycles. The molecule has 0 aromatic heterocycles. The van der Waals surface area contributed by atoms with Crippen molar-refractivity contribution in [1.82, 2.24) is 4.90 Å². The highest BCUT2D eigenvalue weighted by atomic mass is 16.2. The van der Waals surface area contributed by atoms with Gasteiger partial charge in [-0.15, -0.1) is 0 Å². The molecule has 0 radical (unpaired) electrons. The Morgan fingerprint density at radius 2 is 1.80 bits per heavy atom. The highest BCUT2D eigenvalue weighted by Gasteiger charge is 2.31. The molecule has 0 aliphatic heterocycles. The third-order valence-corrected chi connectivity index (χ3v) is 3.37. The average Bonchev–Trinajstić information content (AvgIpc) is 2.42. The van der Waals surface area contributed by atoms with Crippen LogP contribution < -0.4 is 0 Å². The van der Waals surface area contributed by atoms with Crippen LogP contribution in [0.5, 0.6) is 0 Å². The van der Waals surface area contributed by atoms with Crippen LogP contribution in [0.25, 0.3) is 0 Å². The van der Waals surface area contributed by atoms with E-state index in [1.165, 1.54) is 0 Å². The zero-order valence-electron chi connectivity index (χ0n) is 11.6. The first-order valence-electron chi connectivity index (χ1n) is 6.51. The summed E-state index contributed by atoms with van der Waals surface area (Å²) in [5.41, 5.74) is 1.72. The van der Waals surface area contributed by atoms with Gasteiger partial charge in [-0.2, -0.15) is 0 Å². The number of carbonyl (C=O) groups is 3. The number of Topliss-reactive ketones (excluding diaryl/α,β-unsaturated/α-hetero) is 2. The highest BCUT2D eigenvalue weighted by molar-refractivity contribution is 6.22. The predicted molar refractivity (Wildman–Crippen MR) is 75.6 cm³/mol. The Morgan fingerprint density at radius 1 is 1.15 bits per heavy atom. The number of nitrogens with zero attached hydrogens (tertiary/aromatic N) is 1. The van der Waals surface area contributed by atoms with Crippen molar-refractivity contribution >= 4 is 17.9 Å². The van der Waals surface area contributed by atoms with E-state index in [4.69, 9.17) is 0 Å². The molecule has 4 heteroatoms. The third kappa shape index (κ3) is 3.02. The van der Waals surface area contributed by atoms with Crippen molar-refractivity contribution < 1.29 is 14.4 Å². The van der Waals surface area contributed by atoms with Gasteiger partial charge in [0.1, 0.15) is 6.29 Å². The van der Waals surface area contributed by atoms with E-state index in [0.29, 0.717) is 18.4 Å². The smallest absolute Gasteiger partial charge is 0.168 e. The first kappa shape index (κ1) is 14.2. The quantitative estimate of drug-likeness (QED) is 0.479. The molecular weight excluding hydrogens is 254 g/mol. The SMILES string of the molecule is CN(C)C=C1C(=O)CC(c2cccc(C=O)c2)CC1=O. The van der Waals surface area contributed by atoms with Crippen molar-refractivity contribution in [2.45, 2.75) is 18.8 Å². The molecule has 0 unspecified atom stereocenters. The van der Waals surface area contributed by atoms with Crippen LogP contribution in [0.15, 0.2) is 36.0 Å². The van der Waals surface area contributed by atoms with Gasteiger partial charge in [-0.1, -0.05) is 18.2 Å².